The Morgan fingerprint density at radius 1 is 1.12 bits per heavy atom. The van der Waals surface area contributed by atoms with E-state index in [1.807, 2.05) is 0 Å². The maximum atomic E-state index is 13.1. The topological polar surface area (TPSA) is 88.5 Å². The normalized spacial score (nSPS) is 15.2. The number of pyridine rings is 2. The lowest BCUT2D eigenvalue weighted by atomic mass is 10.1. The molecule has 0 spiro atoms. The van der Waals surface area contributed by atoms with E-state index in [1.165, 1.54) is 25.5 Å². The second-order valence-corrected chi connectivity index (χ2v) is 8.02. The van der Waals surface area contributed by atoms with Crippen LogP contribution in [-0.4, -0.2) is 44.8 Å². The zero-order valence-electron chi connectivity index (χ0n) is 17.5. The number of nitrogens with one attached hydrogen (secondary N) is 1. The van der Waals surface area contributed by atoms with Gasteiger partial charge in [-0.05, 0) is 57.1 Å². The van der Waals surface area contributed by atoms with Crippen LogP contribution in [0.4, 0.5) is 24.8 Å². The van der Waals surface area contributed by atoms with Crippen molar-refractivity contribution in [2.24, 2.45) is 0 Å². The summed E-state index contributed by atoms with van der Waals surface area (Å²) in [6, 6.07) is 4.30. The molecule has 1 aliphatic heterocycles. The quantitative estimate of drug-likeness (QED) is 0.593. The standard InChI is InChI=1S/C22H25F3N6O/c23-22(24,25)17-11-16(12-27-21(17)26)15-6-7-19-28-18(14-31(19)13-15)29-20(32)5-4-10-30-8-2-1-3-9-30/h6-7,11-14H,1-5,8-10H2,(H2,26,27)(H,29,32). The van der Waals surface area contributed by atoms with Gasteiger partial charge in [0.2, 0.25) is 5.91 Å². The molecule has 3 N–H and O–H groups in total. The number of nitrogens with zero attached hydrogens (tertiary/aromatic N) is 4. The summed E-state index contributed by atoms with van der Waals surface area (Å²) in [6.45, 7) is 3.12. The highest BCUT2D eigenvalue weighted by Crippen LogP contribution is 2.35. The Labute approximate surface area is 183 Å². The summed E-state index contributed by atoms with van der Waals surface area (Å²) in [4.78, 5) is 22.7. The summed E-state index contributed by atoms with van der Waals surface area (Å²) in [5.41, 5.74) is 5.78. The summed E-state index contributed by atoms with van der Waals surface area (Å²) < 4.78 is 41.1. The zero-order chi connectivity index (χ0) is 22.7. The summed E-state index contributed by atoms with van der Waals surface area (Å²) in [5, 5.41) is 2.80. The molecule has 0 saturated carbocycles. The minimum Gasteiger partial charge on any atom is -0.383 e. The summed E-state index contributed by atoms with van der Waals surface area (Å²) in [5.74, 6) is -0.269. The van der Waals surface area contributed by atoms with Crippen molar-refractivity contribution in [1.82, 2.24) is 19.3 Å². The molecule has 4 heterocycles. The molecule has 10 heteroatoms. The number of aromatic nitrogens is 3. The van der Waals surface area contributed by atoms with Crippen LogP contribution in [-0.2, 0) is 11.0 Å². The van der Waals surface area contributed by atoms with Crippen molar-refractivity contribution in [1.29, 1.82) is 0 Å². The van der Waals surface area contributed by atoms with Crippen LogP contribution in [0.15, 0.2) is 36.8 Å². The molecule has 0 unspecified atom stereocenters. The van der Waals surface area contributed by atoms with E-state index in [0.717, 1.165) is 32.1 Å². The van der Waals surface area contributed by atoms with Crippen molar-refractivity contribution in [2.75, 3.05) is 30.7 Å². The van der Waals surface area contributed by atoms with Gasteiger partial charge in [0.1, 0.15) is 11.5 Å². The number of piperidine rings is 1. The number of hydrogen-bond donors (Lipinski definition) is 2. The van der Waals surface area contributed by atoms with Gasteiger partial charge in [0.05, 0.1) is 11.8 Å². The molecule has 0 aliphatic carbocycles. The third-order valence-electron chi connectivity index (χ3n) is 5.60. The summed E-state index contributed by atoms with van der Waals surface area (Å²) in [7, 11) is 0. The van der Waals surface area contributed by atoms with Crippen molar-refractivity contribution in [2.45, 2.75) is 38.3 Å². The number of nitrogens with two attached hydrogens (primary N) is 1. The number of nitrogen functional groups attached to an aromatic ring is 1. The predicted molar refractivity (Wildman–Crippen MR) is 116 cm³/mol. The molecule has 1 fully saturated rings. The molecule has 0 atom stereocenters. The van der Waals surface area contributed by atoms with Crippen molar-refractivity contribution in [3.8, 4) is 11.1 Å². The largest absolute Gasteiger partial charge is 0.419 e. The van der Waals surface area contributed by atoms with Crippen molar-refractivity contribution in [3.05, 3.63) is 42.4 Å². The SMILES string of the molecule is Nc1ncc(-c2ccc3nc(NC(=O)CCCN4CCCCC4)cn3c2)cc1C(F)(F)F. The number of amides is 1. The van der Waals surface area contributed by atoms with Gasteiger partial charge in [-0.1, -0.05) is 6.42 Å². The molecule has 3 aromatic heterocycles. The van der Waals surface area contributed by atoms with Gasteiger partial charge in [-0.3, -0.25) is 4.79 Å². The predicted octanol–water partition coefficient (Wildman–Crippen LogP) is 4.20. The molecular formula is C22H25F3N6O. The first-order valence-corrected chi connectivity index (χ1v) is 10.6. The lowest BCUT2D eigenvalue weighted by Gasteiger charge is -2.26. The van der Waals surface area contributed by atoms with Gasteiger partial charge in [0.15, 0.2) is 5.82 Å². The fourth-order valence-corrected chi connectivity index (χ4v) is 3.93. The Balaban J connectivity index is 1.42. The maximum absolute atomic E-state index is 13.1. The molecule has 0 bridgehead atoms. The van der Waals surface area contributed by atoms with Crippen LogP contribution in [0.1, 0.15) is 37.7 Å². The third-order valence-corrected chi connectivity index (χ3v) is 5.60. The van der Waals surface area contributed by atoms with E-state index < -0.39 is 17.6 Å². The Kier molecular flexibility index (Phi) is 6.31. The molecule has 7 nitrogen and oxygen atoms in total. The van der Waals surface area contributed by atoms with Gasteiger partial charge in [-0.2, -0.15) is 13.2 Å². The molecule has 1 amide bonds. The van der Waals surface area contributed by atoms with E-state index in [4.69, 9.17) is 5.73 Å². The van der Waals surface area contributed by atoms with E-state index in [1.54, 1.807) is 28.9 Å². The average Bonchev–Trinajstić information content (AvgIpc) is 3.15. The number of carbonyl (C=O) groups excluding carboxylic acids is 1. The van der Waals surface area contributed by atoms with Gasteiger partial charge in [-0.15, -0.1) is 0 Å². The lowest BCUT2D eigenvalue weighted by Crippen LogP contribution is -2.31. The number of rotatable bonds is 6. The maximum Gasteiger partial charge on any atom is 0.419 e. The molecule has 1 saturated heterocycles. The first-order valence-electron chi connectivity index (χ1n) is 10.6. The Hall–Kier alpha value is -3.14. The number of carbonyl (C=O) groups is 1. The van der Waals surface area contributed by atoms with E-state index in [9.17, 15) is 18.0 Å². The molecule has 1 aliphatic rings. The van der Waals surface area contributed by atoms with E-state index >= 15 is 0 Å². The van der Waals surface area contributed by atoms with Crippen LogP contribution in [0.3, 0.4) is 0 Å². The summed E-state index contributed by atoms with van der Waals surface area (Å²) in [6.07, 6.45) is 4.91. The number of halogens is 3. The number of alkyl halides is 3. The van der Waals surface area contributed by atoms with E-state index in [2.05, 4.69) is 20.2 Å². The number of fused-ring (bicyclic) bond motifs is 1. The Morgan fingerprint density at radius 3 is 2.66 bits per heavy atom. The van der Waals surface area contributed by atoms with Gasteiger partial charge >= 0.3 is 6.18 Å². The molecule has 32 heavy (non-hydrogen) atoms. The molecule has 0 radical (unpaired) electrons. The van der Waals surface area contributed by atoms with Crippen LogP contribution < -0.4 is 11.1 Å². The van der Waals surface area contributed by atoms with Crippen molar-refractivity contribution in [3.63, 3.8) is 0 Å². The van der Waals surface area contributed by atoms with Crippen LogP contribution in [0.5, 0.6) is 0 Å². The molecule has 3 aromatic rings. The van der Waals surface area contributed by atoms with E-state index in [0.29, 0.717) is 23.4 Å². The van der Waals surface area contributed by atoms with Crippen LogP contribution in [0.2, 0.25) is 0 Å². The number of likely N-dealkylation sites (tertiary alicyclic amines) is 1. The molecule has 170 valence electrons. The van der Waals surface area contributed by atoms with Gasteiger partial charge in [0, 0.05) is 29.9 Å². The van der Waals surface area contributed by atoms with Crippen molar-refractivity contribution >= 4 is 23.2 Å². The first-order chi connectivity index (χ1) is 15.3. The highest BCUT2D eigenvalue weighted by Gasteiger charge is 2.34. The number of anilines is 2. The highest BCUT2D eigenvalue weighted by atomic mass is 19.4. The van der Waals surface area contributed by atoms with Crippen LogP contribution in [0, 0.1) is 0 Å². The van der Waals surface area contributed by atoms with Gasteiger partial charge in [-0.25, -0.2) is 9.97 Å². The molecule has 0 aromatic carbocycles. The first kappa shape index (κ1) is 22.1. The van der Waals surface area contributed by atoms with Crippen LogP contribution >= 0.6 is 0 Å². The molecular weight excluding hydrogens is 421 g/mol. The minimum absolute atomic E-state index is 0.108. The zero-order valence-corrected chi connectivity index (χ0v) is 17.5. The number of imidazole rings is 1. The number of hydrogen-bond acceptors (Lipinski definition) is 5. The molecule has 4 rings (SSSR count). The highest BCUT2D eigenvalue weighted by molar-refractivity contribution is 5.90. The Morgan fingerprint density at radius 2 is 1.91 bits per heavy atom. The lowest BCUT2D eigenvalue weighted by molar-refractivity contribution is -0.137. The average molecular weight is 446 g/mol. The fraction of sp³-hybridized carbons (Fsp3) is 0.409. The second-order valence-electron chi connectivity index (χ2n) is 8.02. The third kappa shape index (κ3) is 5.18. The monoisotopic (exact) mass is 446 g/mol. The second kappa shape index (κ2) is 9.15. The minimum atomic E-state index is -4.59. The smallest absolute Gasteiger partial charge is 0.383 e. The van der Waals surface area contributed by atoms with Crippen molar-refractivity contribution < 1.29 is 18.0 Å². The van der Waals surface area contributed by atoms with Gasteiger partial charge < -0.3 is 20.4 Å². The van der Waals surface area contributed by atoms with E-state index in [-0.39, 0.29) is 11.5 Å². The fourth-order valence-electron chi connectivity index (χ4n) is 3.93. The van der Waals surface area contributed by atoms with Crippen LogP contribution in [0.25, 0.3) is 16.8 Å². The Bertz CT molecular complexity index is 1100. The summed E-state index contributed by atoms with van der Waals surface area (Å²) >= 11 is 0. The van der Waals surface area contributed by atoms with Gasteiger partial charge in [0.25, 0.3) is 0 Å².